The van der Waals surface area contributed by atoms with Crippen molar-refractivity contribution in [2.75, 3.05) is 62.9 Å². The summed E-state index contributed by atoms with van der Waals surface area (Å²) < 4.78 is 6.23. The Morgan fingerprint density at radius 3 is 2.59 bits per heavy atom. The average Bonchev–Trinajstić information content (AvgIpc) is 2.80. The van der Waals surface area contributed by atoms with E-state index in [1.165, 1.54) is 11.8 Å². The van der Waals surface area contributed by atoms with Gasteiger partial charge in [-0.15, -0.1) is 0 Å². The maximum absolute atomic E-state index is 6.23. The van der Waals surface area contributed by atoms with Crippen molar-refractivity contribution in [3.63, 3.8) is 0 Å². The van der Waals surface area contributed by atoms with E-state index in [-0.39, 0.29) is 0 Å². The van der Waals surface area contributed by atoms with Gasteiger partial charge in [0.2, 0.25) is 11.8 Å². The fourth-order valence-electron chi connectivity index (χ4n) is 3.33. The highest BCUT2D eigenvalue weighted by Crippen LogP contribution is 2.34. The summed E-state index contributed by atoms with van der Waals surface area (Å²) in [7, 11) is 6.19. The van der Waals surface area contributed by atoms with Crippen molar-refractivity contribution in [2.45, 2.75) is 16.4 Å². The van der Waals surface area contributed by atoms with Crippen LogP contribution in [0.5, 0.6) is 5.88 Å². The van der Waals surface area contributed by atoms with E-state index < -0.39 is 0 Å². The summed E-state index contributed by atoms with van der Waals surface area (Å²) in [6.45, 7) is 4.20. The molecular weight excluding hydrogens is 422 g/mol. The quantitative estimate of drug-likeness (QED) is 0.583. The first-order chi connectivity index (χ1) is 15.5. The monoisotopic (exact) mass is 451 g/mol. The summed E-state index contributed by atoms with van der Waals surface area (Å²) in [5.41, 5.74) is 7.94. The van der Waals surface area contributed by atoms with Gasteiger partial charge in [-0.1, -0.05) is 23.9 Å². The third-order valence-electron chi connectivity index (χ3n) is 5.29. The molecule has 3 aromatic rings. The molecule has 2 N–H and O–H groups in total. The second-order valence-electron chi connectivity index (χ2n) is 8.00. The molecule has 0 unspecified atom stereocenters. The Morgan fingerprint density at radius 1 is 1.06 bits per heavy atom. The van der Waals surface area contributed by atoms with Gasteiger partial charge in [0.15, 0.2) is 0 Å². The molecule has 1 aliphatic rings. The van der Waals surface area contributed by atoms with Gasteiger partial charge in [0.05, 0.1) is 11.1 Å². The molecule has 9 heteroatoms. The molecule has 32 heavy (non-hydrogen) atoms. The predicted octanol–water partition coefficient (Wildman–Crippen LogP) is 3.00. The number of pyridine rings is 1. The number of hydrogen-bond donors (Lipinski definition) is 1. The van der Waals surface area contributed by atoms with Crippen molar-refractivity contribution in [3.05, 3.63) is 54.4 Å². The first-order valence-electron chi connectivity index (χ1n) is 10.6. The summed E-state index contributed by atoms with van der Waals surface area (Å²) in [5, 5.41) is 0. The maximum atomic E-state index is 6.23. The minimum Gasteiger partial charge on any atom is -0.472 e. The summed E-state index contributed by atoms with van der Waals surface area (Å²) in [6.07, 6.45) is 3.59. The number of nitrogens with zero attached hydrogens (tertiary/aromatic N) is 6. The van der Waals surface area contributed by atoms with Crippen molar-refractivity contribution >= 4 is 29.2 Å². The number of likely N-dealkylation sites (N-methyl/N-ethyl adjacent to an activating group) is 1. The lowest BCUT2D eigenvalue weighted by atomic mass is 10.2. The Bertz CT molecular complexity index is 1040. The molecule has 0 aliphatic carbocycles. The van der Waals surface area contributed by atoms with Crippen molar-refractivity contribution < 1.29 is 4.74 Å². The molecule has 2 aromatic heterocycles. The predicted molar refractivity (Wildman–Crippen MR) is 130 cm³/mol. The summed E-state index contributed by atoms with van der Waals surface area (Å²) in [6, 6.07) is 12.0. The van der Waals surface area contributed by atoms with Crippen LogP contribution in [0.3, 0.4) is 0 Å². The van der Waals surface area contributed by atoms with E-state index in [1.807, 2.05) is 32.4 Å². The van der Waals surface area contributed by atoms with Gasteiger partial charge in [0, 0.05) is 57.1 Å². The zero-order valence-corrected chi connectivity index (χ0v) is 19.5. The van der Waals surface area contributed by atoms with E-state index >= 15 is 0 Å². The highest BCUT2D eigenvalue weighted by molar-refractivity contribution is 7.99. The van der Waals surface area contributed by atoms with Crippen LogP contribution in [0.15, 0.2) is 58.6 Å². The zero-order chi connectivity index (χ0) is 22.5. The van der Waals surface area contributed by atoms with Crippen LogP contribution in [0, 0.1) is 0 Å². The lowest BCUT2D eigenvalue weighted by Crippen LogP contribution is -2.45. The third-order valence-corrected chi connectivity index (χ3v) is 6.26. The Kier molecular flexibility index (Phi) is 6.96. The molecule has 1 aliphatic heterocycles. The highest BCUT2D eigenvalue weighted by atomic mass is 32.2. The zero-order valence-electron chi connectivity index (χ0n) is 18.7. The number of ether oxygens (including phenoxy) is 1. The van der Waals surface area contributed by atoms with Gasteiger partial charge in [0.1, 0.15) is 12.4 Å². The molecule has 1 aromatic carbocycles. The van der Waals surface area contributed by atoms with Crippen LogP contribution < -0.4 is 20.3 Å². The van der Waals surface area contributed by atoms with E-state index in [0.717, 1.165) is 47.2 Å². The van der Waals surface area contributed by atoms with Crippen molar-refractivity contribution in [2.24, 2.45) is 0 Å². The number of hydrogen-bond acceptors (Lipinski definition) is 9. The molecule has 0 bridgehead atoms. The standard InChI is InChI=1S/C23H29N7OS/c1-28(2)18-6-4-5-17(13-18)16-31-22-20(32-19-7-8-21(24)25-14-19)15-26-23(27-22)30-11-9-29(3)10-12-30/h4-8,13-15H,9-12,16H2,1-3H3,(H2,24,25). The highest BCUT2D eigenvalue weighted by Gasteiger charge is 2.19. The molecule has 0 spiro atoms. The van der Waals surface area contributed by atoms with Gasteiger partial charge in [0.25, 0.3) is 0 Å². The Labute approximate surface area is 193 Å². The van der Waals surface area contributed by atoms with Crippen LogP contribution in [-0.4, -0.2) is 67.2 Å². The van der Waals surface area contributed by atoms with E-state index in [2.05, 4.69) is 49.9 Å². The molecule has 168 valence electrons. The summed E-state index contributed by atoms with van der Waals surface area (Å²) >= 11 is 1.52. The maximum Gasteiger partial charge on any atom is 0.232 e. The van der Waals surface area contributed by atoms with Crippen LogP contribution in [-0.2, 0) is 6.61 Å². The third kappa shape index (κ3) is 5.60. The molecule has 8 nitrogen and oxygen atoms in total. The number of anilines is 3. The smallest absolute Gasteiger partial charge is 0.232 e. The Hall–Kier alpha value is -3.04. The normalized spacial score (nSPS) is 14.4. The molecule has 0 saturated carbocycles. The fourth-order valence-corrected chi connectivity index (χ4v) is 4.13. The first-order valence-corrected chi connectivity index (χ1v) is 11.4. The molecule has 4 rings (SSSR count). The van der Waals surface area contributed by atoms with Crippen LogP contribution in [0.2, 0.25) is 0 Å². The number of aromatic nitrogens is 3. The van der Waals surface area contributed by atoms with Crippen molar-refractivity contribution in [1.29, 1.82) is 0 Å². The van der Waals surface area contributed by atoms with E-state index in [0.29, 0.717) is 24.3 Å². The van der Waals surface area contributed by atoms with E-state index in [4.69, 9.17) is 15.5 Å². The summed E-state index contributed by atoms with van der Waals surface area (Å²) in [4.78, 5) is 22.0. The van der Waals surface area contributed by atoms with Crippen LogP contribution in [0.4, 0.5) is 17.5 Å². The molecule has 0 atom stereocenters. The van der Waals surface area contributed by atoms with Crippen molar-refractivity contribution in [3.8, 4) is 5.88 Å². The molecule has 0 amide bonds. The minimum absolute atomic E-state index is 0.425. The number of benzene rings is 1. The van der Waals surface area contributed by atoms with E-state index in [1.54, 1.807) is 12.3 Å². The van der Waals surface area contributed by atoms with E-state index in [9.17, 15) is 0 Å². The largest absolute Gasteiger partial charge is 0.472 e. The van der Waals surface area contributed by atoms with Gasteiger partial charge >= 0.3 is 0 Å². The second kappa shape index (κ2) is 10.1. The van der Waals surface area contributed by atoms with Gasteiger partial charge < -0.3 is 25.2 Å². The minimum atomic E-state index is 0.425. The van der Waals surface area contributed by atoms with Gasteiger partial charge in [-0.25, -0.2) is 9.97 Å². The first kappa shape index (κ1) is 22.2. The Balaban J connectivity index is 1.57. The Morgan fingerprint density at radius 2 is 1.88 bits per heavy atom. The second-order valence-corrected chi connectivity index (χ2v) is 9.12. The fraction of sp³-hybridized carbons (Fsp3) is 0.348. The lowest BCUT2D eigenvalue weighted by Gasteiger charge is -2.32. The number of nitrogens with two attached hydrogens (primary N) is 1. The van der Waals surface area contributed by atoms with Crippen LogP contribution >= 0.6 is 11.8 Å². The van der Waals surface area contributed by atoms with Crippen LogP contribution in [0.1, 0.15) is 5.56 Å². The number of piperazine rings is 1. The SMILES string of the molecule is CN1CCN(c2ncc(Sc3ccc(N)nc3)c(OCc3cccc(N(C)C)c3)n2)CC1. The molecule has 1 saturated heterocycles. The van der Waals surface area contributed by atoms with Crippen molar-refractivity contribution in [1.82, 2.24) is 19.9 Å². The van der Waals surface area contributed by atoms with Gasteiger partial charge in [-0.3, -0.25) is 0 Å². The van der Waals surface area contributed by atoms with Gasteiger partial charge in [-0.2, -0.15) is 4.98 Å². The lowest BCUT2D eigenvalue weighted by molar-refractivity contribution is 0.283. The average molecular weight is 452 g/mol. The number of nitrogen functional groups attached to an aromatic ring is 1. The summed E-state index contributed by atoms with van der Waals surface area (Å²) in [5.74, 6) is 1.77. The molecule has 1 fully saturated rings. The molecule has 0 radical (unpaired) electrons. The van der Waals surface area contributed by atoms with Gasteiger partial charge in [-0.05, 0) is 36.9 Å². The molecule has 3 heterocycles. The number of rotatable bonds is 7. The van der Waals surface area contributed by atoms with Crippen LogP contribution in [0.25, 0.3) is 0 Å². The molecular formula is C23H29N7OS. The topological polar surface area (TPSA) is 83.6 Å².